The van der Waals surface area contributed by atoms with Crippen molar-refractivity contribution in [3.05, 3.63) is 29.6 Å². The lowest BCUT2D eigenvalue weighted by Crippen LogP contribution is -2.30. The standard InChI is InChI=1S/C16H22FNO2S/c1-11(2)10-18-16(19)20-13-3-4-14(15(17)9-13)12-5-7-21-8-6-12/h3-4,9,11-12H,5-8,10H2,1-2H3,(H,18,19). The van der Waals surface area contributed by atoms with Gasteiger partial charge in [-0.25, -0.2) is 9.18 Å². The summed E-state index contributed by atoms with van der Waals surface area (Å²) in [4.78, 5) is 11.6. The van der Waals surface area contributed by atoms with Crippen LogP contribution in [0, 0.1) is 11.7 Å². The van der Waals surface area contributed by atoms with Gasteiger partial charge in [0.25, 0.3) is 0 Å². The van der Waals surface area contributed by atoms with Gasteiger partial charge in [-0.05, 0) is 47.8 Å². The molecule has 1 N–H and O–H groups in total. The Morgan fingerprint density at radius 3 is 2.76 bits per heavy atom. The van der Waals surface area contributed by atoms with E-state index in [2.05, 4.69) is 5.32 Å². The molecular formula is C16H22FNO2S. The van der Waals surface area contributed by atoms with Gasteiger partial charge in [-0.2, -0.15) is 11.8 Å². The Hall–Kier alpha value is -1.23. The van der Waals surface area contributed by atoms with Crippen molar-refractivity contribution in [2.24, 2.45) is 5.92 Å². The van der Waals surface area contributed by atoms with Gasteiger partial charge in [0.2, 0.25) is 0 Å². The third-order valence-electron chi connectivity index (χ3n) is 3.50. The number of hydrogen-bond donors (Lipinski definition) is 1. The van der Waals surface area contributed by atoms with Crippen LogP contribution in [0.25, 0.3) is 0 Å². The molecule has 3 nitrogen and oxygen atoms in total. The average Bonchev–Trinajstić information content (AvgIpc) is 2.46. The smallest absolute Gasteiger partial charge is 0.410 e. The Balaban J connectivity index is 1.96. The molecule has 0 unspecified atom stereocenters. The summed E-state index contributed by atoms with van der Waals surface area (Å²) in [7, 11) is 0. The van der Waals surface area contributed by atoms with Crippen molar-refractivity contribution in [1.29, 1.82) is 0 Å². The van der Waals surface area contributed by atoms with E-state index in [0.29, 0.717) is 12.5 Å². The Kier molecular flexibility index (Phi) is 5.91. The van der Waals surface area contributed by atoms with Gasteiger partial charge in [-0.1, -0.05) is 19.9 Å². The van der Waals surface area contributed by atoms with Crippen molar-refractivity contribution < 1.29 is 13.9 Å². The van der Waals surface area contributed by atoms with Gasteiger partial charge in [0.1, 0.15) is 11.6 Å². The zero-order valence-electron chi connectivity index (χ0n) is 12.5. The van der Waals surface area contributed by atoms with Crippen LogP contribution in [0.3, 0.4) is 0 Å². The maximum atomic E-state index is 14.2. The largest absolute Gasteiger partial charge is 0.412 e. The van der Waals surface area contributed by atoms with Crippen molar-refractivity contribution in [3.8, 4) is 5.75 Å². The highest BCUT2D eigenvalue weighted by Crippen LogP contribution is 2.34. The number of ether oxygens (including phenoxy) is 1. The lowest BCUT2D eigenvalue weighted by molar-refractivity contribution is 0.199. The Morgan fingerprint density at radius 2 is 2.14 bits per heavy atom. The predicted octanol–water partition coefficient (Wildman–Crippen LogP) is 4.18. The molecule has 0 atom stereocenters. The first-order valence-corrected chi connectivity index (χ1v) is 8.54. The summed E-state index contributed by atoms with van der Waals surface area (Å²) < 4.78 is 19.3. The normalized spacial score (nSPS) is 16.0. The van der Waals surface area contributed by atoms with Crippen LogP contribution in [-0.4, -0.2) is 24.1 Å². The molecule has 0 spiro atoms. The van der Waals surface area contributed by atoms with Crippen LogP contribution in [0.5, 0.6) is 5.75 Å². The lowest BCUT2D eigenvalue weighted by atomic mass is 9.93. The molecule has 1 amide bonds. The molecule has 1 saturated heterocycles. The van der Waals surface area contributed by atoms with Crippen LogP contribution < -0.4 is 10.1 Å². The molecule has 1 aromatic carbocycles. The predicted molar refractivity (Wildman–Crippen MR) is 84.6 cm³/mol. The number of carbonyl (C=O) groups excluding carboxylic acids is 1. The van der Waals surface area contributed by atoms with E-state index in [0.717, 1.165) is 29.9 Å². The van der Waals surface area contributed by atoms with Crippen LogP contribution >= 0.6 is 11.8 Å². The number of rotatable bonds is 4. The van der Waals surface area contributed by atoms with Crippen LogP contribution in [0.15, 0.2) is 18.2 Å². The minimum atomic E-state index is -0.537. The summed E-state index contributed by atoms with van der Waals surface area (Å²) in [5, 5.41) is 2.64. The molecule has 5 heteroatoms. The SMILES string of the molecule is CC(C)CNC(=O)Oc1ccc(C2CCSCC2)c(F)c1. The van der Waals surface area contributed by atoms with Crippen LogP contribution in [0.2, 0.25) is 0 Å². The van der Waals surface area contributed by atoms with Crippen molar-refractivity contribution in [3.63, 3.8) is 0 Å². The summed E-state index contributed by atoms with van der Waals surface area (Å²) in [6, 6.07) is 4.74. The maximum absolute atomic E-state index is 14.2. The molecule has 0 radical (unpaired) electrons. The number of benzene rings is 1. The molecule has 0 aliphatic carbocycles. The maximum Gasteiger partial charge on any atom is 0.412 e. The van der Waals surface area contributed by atoms with Gasteiger partial charge >= 0.3 is 6.09 Å². The van der Waals surface area contributed by atoms with Crippen molar-refractivity contribution >= 4 is 17.9 Å². The third kappa shape index (κ3) is 4.92. The van der Waals surface area contributed by atoms with E-state index in [1.807, 2.05) is 25.6 Å². The molecule has 1 aliphatic heterocycles. The summed E-state index contributed by atoms with van der Waals surface area (Å²) >= 11 is 1.92. The number of nitrogens with one attached hydrogen (secondary N) is 1. The molecule has 21 heavy (non-hydrogen) atoms. The highest BCUT2D eigenvalue weighted by atomic mass is 32.2. The molecule has 0 saturated carbocycles. The number of thioether (sulfide) groups is 1. The molecule has 0 bridgehead atoms. The quantitative estimate of drug-likeness (QED) is 0.906. The summed E-state index contributed by atoms with van der Waals surface area (Å²) in [5.41, 5.74) is 0.741. The summed E-state index contributed by atoms with van der Waals surface area (Å²) in [6.07, 6.45) is 1.48. The molecule has 1 fully saturated rings. The molecule has 1 aliphatic rings. The second-order valence-corrected chi connectivity index (χ2v) is 6.96. The highest BCUT2D eigenvalue weighted by Gasteiger charge is 2.19. The Bertz CT molecular complexity index is 487. The third-order valence-corrected chi connectivity index (χ3v) is 4.55. The zero-order valence-corrected chi connectivity index (χ0v) is 13.3. The van der Waals surface area contributed by atoms with E-state index < -0.39 is 6.09 Å². The number of halogens is 1. The number of hydrogen-bond acceptors (Lipinski definition) is 3. The minimum absolute atomic E-state index is 0.252. The van der Waals surface area contributed by atoms with Crippen LogP contribution in [-0.2, 0) is 0 Å². The zero-order chi connectivity index (χ0) is 15.2. The summed E-state index contributed by atoms with van der Waals surface area (Å²) in [6.45, 7) is 4.54. The minimum Gasteiger partial charge on any atom is -0.410 e. The van der Waals surface area contributed by atoms with Gasteiger partial charge in [-0.3, -0.25) is 0 Å². The molecule has 116 valence electrons. The van der Waals surface area contributed by atoms with Crippen molar-refractivity contribution in [2.75, 3.05) is 18.1 Å². The lowest BCUT2D eigenvalue weighted by Gasteiger charge is -2.22. The topological polar surface area (TPSA) is 38.3 Å². The fourth-order valence-electron chi connectivity index (χ4n) is 2.34. The van der Waals surface area contributed by atoms with Crippen LogP contribution in [0.1, 0.15) is 38.2 Å². The fourth-order valence-corrected chi connectivity index (χ4v) is 3.45. The average molecular weight is 311 g/mol. The van der Waals surface area contributed by atoms with E-state index in [4.69, 9.17) is 4.74 Å². The first kappa shape index (κ1) is 16.1. The van der Waals surface area contributed by atoms with Crippen molar-refractivity contribution in [2.45, 2.75) is 32.6 Å². The van der Waals surface area contributed by atoms with Gasteiger partial charge in [0.15, 0.2) is 0 Å². The van der Waals surface area contributed by atoms with Crippen LogP contribution in [0.4, 0.5) is 9.18 Å². The second-order valence-electron chi connectivity index (χ2n) is 5.73. The van der Waals surface area contributed by atoms with Gasteiger partial charge in [0.05, 0.1) is 0 Å². The van der Waals surface area contributed by atoms with E-state index in [9.17, 15) is 9.18 Å². The first-order valence-electron chi connectivity index (χ1n) is 7.39. The first-order chi connectivity index (χ1) is 10.1. The van der Waals surface area contributed by atoms with Crippen molar-refractivity contribution in [1.82, 2.24) is 5.32 Å². The highest BCUT2D eigenvalue weighted by molar-refractivity contribution is 7.99. The Morgan fingerprint density at radius 1 is 1.43 bits per heavy atom. The monoisotopic (exact) mass is 311 g/mol. The second kappa shape index (κ2) is 7.69. The molecule has 2 rings (SSSR count). The number of amides is 1. The molecule has 1 heterocycles. The van der Waals surface area contributed by atoms with Gasteiger partial charge in [-0.15, -0.1) is 0 Å². The van der Waals surface area contributed by atoms with E-state index in [-0.39, 0.29) is 17.5 Å². The van der Waals surface area contributed by atoms with E-state index >= 15 is 0 Å². The Labute approximate surface area is 129 Å². The fraction of sp³-hybridized carbons (Fsp3) is 0.562. The molecule has 1 aromatic rings. The number of carbonyl (C=O) groups is 1. The molecule has 0 aromatic heterocycles. The van der Waals surface area contributed by atoms with E-state index in [1.54, 1.807) is 12.1 Å². The summed E-state index contributed by atoms with van der Waals surface area (Å²) in [5.74, 6) is 2.78. The van der Waals surface area contributed by atoms with Gasteiger partial charge in [0, 0.05) is 12.6 Å². The molecular weight excluding hydrogens is 289 g/mol. The van der Waals surface area contributed by atoms with Gasteiger partial charge < -0.3 is 10.1 Å². The van der Waals surface area contributed by atoms with E-state index in [1.165, 1.54) is 6.07 Å².